The van der Waals surface area contributed by atoms with Crippen molar-refractivity contribution in [2.24, 2.45) is 51.8 Å². The quantitative estimate of drug-likeness (QED) is 0.0280. The first kappa shape index (κ1) is 94.3. The Kier molecular flexibility index (Phi) is 41.9. The van der Waals surface area contributed by atoms with Crippen molar-refractivity contribution in [2.75, 3.05) is 36.8 Å². The largest absolute Gasteiger partial charge is 0.386 e. The van der Waals surface area contributed by atoms with Gasteiger partial charge in [-0.15, -0.1) is 0 Å². The molecule has 0 unspecified atom stereocenters. The average molecular weight is 1510 g/mol. The summed E-state index contributed by atoms with van der Waals surface area (Å²) in [6.45, 7) is 31.1. The highest BCUT2D eigenvalue weighted by molar-refractivity contribution is 5.97. The monoisotopic (exact) mass is 1500 g/mol. The zero-order valence-corrected chi connectivity index (χ0v) is 62.1. The van der Waals surface area contributed by atoms with Crippen LogP contribution >= 0.6 is 0 Å². The van der Waals surface area contributed by atoms with E-state index in [9.17, 15) is 76.7 Å². The molecule has 0 bridgehead atoms. The number of nitrogens with two attached hydrogens (primary N) is 8. The molecule has 1 fully saturated rings. The molecule has 107 heavy (non-hydrogen) atoms. The Labute approximate surface area is 620 Å². The third kappa shape index (κ3) is 39.0. The first-order valence-corrected chi connectivity index (χ1v) is 33.3. The van der Waals surface area contributed by atoms with Crippen LogP contribution < -0.4 is 126 Å². The van der Waals surface area contributed by atoms with E-state index in [2.05, 4.69) is 106 Å². The molecule has 1 aliphatic heterocycles. The molecule has 1 heterocycles. The number of benzene rings is 2. The van der Waals surface area contributed by atoms with Gasteiger partial charge >= 0.3 is 0 Å². The predicted octanol–water partition coefficient (Wildman–Crippen LogP) is -6.07. The molecule has 592 valence electrons. The predicted molar refractivity (Wildman–Crippen MR) is 396 cm³/mol. The van der Waals surface area contributed by atoms with Crippen molar-refractivity contribution in [3.05, 3.63) is 109 Å². The Balaban J connectivity index is 0.00000140. The van der Waals surface area contributed by atoms with Gasteiger partial charge in [-0.05, 0) is 115 Å². The highest BCUT2D eigenvalue weighted by Crippen LogP contribution is 2.24. The lowest BCUT2D eigenvalue weighted by Crippen LogP contribution is -2.58. The van der Waals surface area contributed by atoms with Gasteiger partial charge in [0.05, 0.1) is 29.8 Å². The molecule has 0 radical (unpaired) electrons. The number of primary amides is 4. The van der Waals surface area contributed by atoms with Crippen LogP contribution in [0.3, 0.4) is 0 Å². The van der Waals surface area contributed by atoms with Crippen LogP contribution in [0.1, 0.15) is 125 Å². The standard InChI is InChI=1S/2C18H26N6O4.C17H30N6O4.C14H26N6O4/c2*1-9(16(20)26)22-18(28)15(24-17(27)10(2)21-12(4)25)13-5-7-14(8-6-13)23-11(3)19;1-9(15(19)25)21-17(27)14(22-16(26)10(2)20-12(4)24)13-5-7-23(8-6-13)11(3)18;1-8(19-10(3)21)13(23)20-11(5-4-6-17-9(2)15)14(24)18-7-12(16)22/h2*5-10,15,23H,3,19H2,1-2,4H3,(H2,20,26)(H,21,25)(H,22,28)(H,24,27);9-10,13-14H,3,5-8,18H2,1-2,4H3,(H2,19,25)(H,20,24)(H,21,27)(H,22,26);8,11,17H,2,4-7,15H2,1,3H3,(H2,16,22)(H,18,24)(H,19,21)(H,20,23)/t9-,10-,15+;9-,10-,15-;9-,10-,14-;8-,11-/m0000/s1. The Bertz CT molecular complexity index is 3380. The number of nitrogens with zero attached hydrogens (tertiary/aromatic N) is 1. The SMILES string of the molecule is C=C(N)N1CCC([C@H](NC(=O)[C@H](C)NC(C)=O)C(=O)N[C@@H](C)C(N)=O)CC1.C=C(N)NCCC[C@H](NC(=O)[C@H](C)NC(C)=O)C(=O)NCC(N)=O.C=C(N)Nc1ccc([C@@H](NC(=O)[C@H](C)NC(C)=O)C(=O)N[C@@H](C)C(N)=O)cc1.C=C(N)Nc1ccc([C@H](NC(=O)[C@H](C)NC(C)=O)C(=O)N[C@@H](C)C(N)=O)cc1. The van der Waals surface area contributed by atoms with Crippen LogP contribution in [-0.4, -0.2) is 180 Å². The van der Waals surface area contributed by atoms with Crippen LogP contribution in [-0.2, 0) is 76.7 Å². The number of amides is 16. The number of carbonyl (C=O) groups is 16. The molecule has 40 nitrogen and oxygen atoms in total. The van der Waals surface area contributed by atoms with Crippen LogP contribution in [0.5, 0.6) is 0 Å². The topological polar surface area (TPSA) is 665 Å². The van der Waals surface area contributed by atoms with E-state index in [1.807, 2.05) is 4.90 Å². The Hall–Kier alpha value is -12.7. The summed E-state index contributed by atoms with van der Waals surface area (Å²) in [6, 6.07) is 3.02. The molecule has 0 aromatic heterocycles. The summed E-state index contributed by atoms with van der Waals surface area (Å²) in [5.74, 6) is -7.61. The maximum atomic E-state index is 12.7. The Morgan fingerprint density at radius 1 is 0.393 bits per heavy atom. The molecule has 2 aromatic carbocycles. The summed E-state index contributed by atoms with van der Waals surface area (Å²) >= 11 is 0. The summed E-state index contributed by atoms with van der Waals surface area (Å²) in [5, 5.41) is 38.3. The van der Waals surface area contributed by atoms with Gasteiger partial charge < -0.3 is 131 Å². The smallest absolute Gasteiger partial charge is 0.247 e. The summed E-state index contributed by atoms with van der Waals surface area (Å²) in [5.41, 5.74) is 44.8. The minimum atomic E-state index is -1.11. The van der Waals surface area contributed by atoms with Crippen molar-refractivity contribution in [1.29, 1.82) is 0 Å². The normalized spacial score (nSPS) is 14.3. The highest BCUT2D eigenvalue weighted by Gasteiger charge is 2.36. The van der Waals surface area contributed by atoms with E-state index in [0.717, 1.165) is 0 Å². The molecule has 0 aliphatic carbocycles. The fourth-order valence-electron chi connectivity index (χ4n) is 9.23. The zero-order chi connectivity index (χ0) is 82.3. The number of hydrogen-bond acceptors (Lipinski definition) is 24. The van der Waals surface area contributed by atoms with E-state index < -0.39 is 137 Å². The van der Waals surface area contributed by atoms with Crippen molar-refractivity contribution in [1.82, 2.24) is 74.0 Å². The first-order chi connectivity index (χ1) is 49.7. The van der Waals surface area contributed by atoms with Gasteiger partial charge in [-0.2, -0.15) is 0 Å². The number of rotatable bonds is 37. The van der Waals surface area contributed by atoms with Gasteiger partial charge in [-0.3, -0.25) is 76.7 Å². The molecule has 0 saturated carbocycles. The van der Waals surface area contributed by atoms with E-state index in [4.69, 9.17) is 45.9 Å². The van der Waals surface area contributed by atoms with Crippen molar-refractivity contribution in [3.63, 3.8) is 0 Å². The van der Waals surface area contributed by atoms with Crippen LogP contribution in [0, 0.1) is 5.92 Å². The molecule has 3 rings (SSSR count). The second kappa shape index (κ2) is 47.6. The molecule has 31 N–H and O–H groups in total. The second-order valence-electron chi connectivity index (χ2n) is 24.7. The van der Waals surface area contributed by atoms with Gasteiger partial charge in [-0.1, -0.05) is 50.6 Å². The van der Waals surface area contributed by atoms with Crippen LogP contribution in [0.2, 0.25) is 0 Å². The number of carbonyl (C=O) groups excluding carboxylic acids is 16. The summed E-state index contributed by atoms with van der Waals surface area (Å²) in [7, 11) is 0. The van der Waals surface area contributed by atoms with Gasteiger partial charge in [0.1, 0.15) is 66.5 Å². The molecular formula is C67H108N24O16. The molecule has 0 spiro atoms. The van der Waals surface area contributed by atoms with Crippen LogP contribution in [0.15, 0.2) is 98.1 Å². The van der Waals surface area contributed by atoms with Crippen LogP contribution in [0.4, 0.5) is 11.4 Å². The van der Waals surface area contributed by atoms with Gasteiger partial charge in [0.25, 0.3) is 0 Å². The minimum Gasteiger partial charge on any atom is -0.386 e. The average Bonchev–Trinajstić information content (AvgIpc) is 0.850. The van der Waals surface area contributed by atoms with Gasteiger partial charge in [0.2, 0.25) is 94.5 Å². The fraction of sp³-hybridized carbons (Fsp3) is 0.463. The lowest BCUT2D eigenvalue weighted by atomic mass is 9.88. The van der Waals surface area contributed by atoms with Crippen molar-refractivity contribution < 1.29 is 76.7 Å². The van der Waals surface area contributed by atoms with Crippen molar-refractivity contribution in [2.45, 2.75) is 168 Å². The number of piperidine rings is 1. The van der Waals surface area contributed by atoms with E-state index in [1.165, 1.54) is 76.2 Å². The van der Waals surface area contributed by atoms with Gasteiger partial charge in [0.15, 0.2) is 0 Å². The molecule has 1 saturated heterocycles. The molecule has 2 aromatic rings. The molecule has 1 aliphatic rings. The fourth-order valence-corrected chi connectivity index (χ4v) is 9.23. The summed E-state index contributed by atoms with van der Waals surface area (Å²) < 4.78 is 0. The first-order valence-electron chi connectivity index (χ1n) is 33.3. The third-order valence-electron chi connectivity index (χ3n) is 14.9. The number of hydrogen-bond donors (Lipinski definition) is 23. The summed E-state index contributed by atoms with van der Waals surface area (Å²) in [6.07, 6.45) is 2.02. The van der Waals surface area contributed by atoms with Gasteiger partial charge in [-0.25, -0.2) is 0 Å². The highest BCUT2D eigenvalue weighted by atomic mass is 16.2. The number of likely N-dealkylation sites (tertiary alicyclic amines) is 1. The Morgan fingerprint density at radius 3 is 1.02 bits per heavy atom. The van der Waals surface area contributed by atoms with Crippen molar-refractivity contribution in [3.8, 4) is 0 Å². The maximum Gasteiger partial charge on any atom is 0.247 e. The van der Waals surface area contributed by atoms with Crippen LogP contribution in [0.25, 0.3) is 0 Å². The van der Waals surface area contributed by atoms with E-state index in [-0.39, 0.29) is 47.7 Å². The maximum absolute atomic E-state index is 12.7. The summed E-state index contributed by atoms with van der Waals surface area (Å²) in [4.78, 5) is 190. The van der Waals surface area contributed by atoms with Gasteiger partial charge in [0, 0.05) is 58.7 Å². The lowest BCUT2D eigenvalue weighted by molar-refractivity contribution is -0.134. The van der Waals surface area contributed by atoms with E-state index in [0.29, 0.717) is 79.5 Å². The van der Waals surface area contributed by atoms with E-state index in [1.54, 1.807) is 48.5 Å². The number of anilines is 2. The zero-order valence-electron chi connectivity index (χ0n) is 62.1. The minimum absolute atomic E-state index is 0.158. The lowest BCUT2D eigenvalue weighted by Gasteiger charge is -2.37. The second-order valence-corrected chi connectivity index (χ2v) is 24.7. The molecule has 16 amide bonds. The molecule has 40 heteroatoms. The number of nitrogens with one attached hydrogen (secondary N) is 15. The van der Waals surface area contributed by atoms with E-state index >= 15 is 0 Å². The Morgan fingerprint density at radius 2 is 0.720 bits per heavy atom. The molecule has 11 atom stereocenters. The molecular weight excluding hydrogens is 1400 g/mol. The van der Waals surface area contributed by atoms with Crippen molar-refractivity contribution >= 4 is 106 Å². The third-order valence-corrected chi connectivity index (χ3v) is 14.9.